The molecule has 2 aromatic carbocycles. The summed E-state index contributed by atoms with van der Waals surface area (Å²) >= 11 is 6.00. The second kappa shape index (κ2) is 6.90. The maximum atomic E-state index is 11.7. The van der Waals surface area contributed by atoms with Gasteiger partial charge in [-0.15, -0.1) is 0 Å². The molecule has 0 saturated heterocycles. The van der Waals surface area contributed by atoms with Crippen molar-refractivity contribution in [2.24, 2.45) is 0 Å². The minimum atomic E-state index is -0.346. The molecule has 1 amide bonds. The summed E-state index contributed by atoms with van der Waals surface area (Å²) in [4.78, 5) is 22.7. The first-order chi connectivity index (χ1) is 10.0. The fourth-order valence-electron chi connectivity index (χ4n) is 1.83. The highest BCUT2D eigenvalue weighted by atomic mass is 35.5. The number of carbonyl (C=O) groups is 2. The van der Waals surface area contributed by atoms with Crippen LogP contribution >= 0.6 is 11.6 Å². The molecule has 2 rings (SSSR count). The van der Waals surface area contributed by atoms with Crippen LogP contribution in [0.4, 0.5) is 17.1 Å². The summed E-state index contributed by atoms with van der Waals surface area (Å²) in [6.45, 7) is 1.38. The molecular formula is C16H15ClN2O2. The molecule has 0 bridgehead atoms. The summed E-state index contributed by atoms with van der Waals surface area (Å²) in [5, 5.41) is 6.45. The molecular weight excluding hydrogens is 288 g/mol. The zero-order valence-electron chi connectivity index (χ0n) is 11.5. The second-order valence-corrected chi connectivity index (χ2v) is 5.04. The van der Waals surface area contributed by atoms with E-state index in [0.717, 1.165) is 5.69 Å². The predicted octanol–water partition coefficient (Wildman–Crippen LogP) is 4.00. The van der Waals surface area contributed by atoms with Crippen molar-refractivity contribution < 1.29 is 9.59 Å². The van der Waals surface area contributed by atoms with E-state index in [-0.39, 0.29) is 18.1 Å². The molecule has 0 saturated carbocycles. The highest BCUT2D eigenvalue weighted by Crippen LogP contribution is 2.28. The van der Waals surface area contributed by atoms with Crippen molar-refractivity contribution in [2.75, 3.05) is 10.6 Å². The molecule has 0 aliphatic rings. The number of rotatable bonds is 5. The summed E-state index contributed by atoms with van der Waals surface area (Å²) in [7, 11) is 0. The van der Waals surface area contributed by atoms with Gasteiger partial charge in [-0.05, 0) is 37.3 Å². The van der Waals surface area contributed by atoms with Crippen molar-refractivity contribution in [3.8, 4) is 0 Å². The van der Waals surface area contributed by atoms with Gasteiger partial charge in [0, 0.05) is 10.7 Å². The van der Waals surface area contributed by atoms with E-state index in [9.17, 15) is 9.59 Å². The summed E-state index contributed by atoms with van der Waals surface area (Å²) < 4.78 is 0. The lowest BCUT2D eigenvalue weighted by molar-refractivity contribution is -0.124. The summed E-state index contributed by atoms with van der Waals surface area (Å²) in [5.41, 5.74) is 2.13. The van der Waals surface area contributed by atoms with E-state index in [1.54, 1.807) is 18.2 Å². The van der Waals surface area contributed by atoms with Gasteiger partial charge in [0.05, 0.1) is 17.8 Å². The third-order valence-electron chi connectivity index (χ3n) is 2.72. The third-order valence-corrected chi connectivity index (χ3v) is 2.95. The zero-order valence-corrected chi connectivity index (χ0v) is 12.3. The van der Waals surface area contributed by atoms with Gasteiger partial charge in [-0.2, -0.15) is 0 Å². The monoisotopic (exact) mass is 302 g/mol. The maximum absolute atomic E-state index is 11.7. The Hall–Kier alpha value is -2.33. The van der Waals surface area contributed by atoms with E-state index < -0.39 is 0 Å². The van der Waals surface area contributed by atoms with Gasteiger partial charge in [0.1, 0.15) is 5.78 Å². The van der Waals surface area contributed by atoms with E-state index in [1.807, 2.05) is 30.3 Å². The first kappa shape index (κ1) is 15.1. The molecule has 21 heavy (non-hydrogen) atoms. The van der Waals surface area contributed by atoms with Crippen LogP contribution in [0.25, 0.3) is 0 Å². The highest BCUT2D eigenvalue weighted by Gasteiger charge is 2.09. The molecule has 0 aliphatic carbocycles. The Kier molecular flexibility index (Phi) is 4.95. The first-order valence-corrected chi connectivity index (χ1v) is 6.83. The van der Waals surface area contributed by atoms with Crippen molar-refractivity contribution >= 4 is 40.4 Å². The number of ketones is 1. The number of hydrogen-bond donors (Lipinski definition) is 2. The van der Waals surface area contributed by atoms with Gasteiger partial charge in [-0.3, -0.25) is 9.59 Å². The van der Waals surface area contributed by atoms with E-state index >= 15 is 0 Å². The van der Waals surface area contributed by atoms with E-state index in [1.165, 1.54) is 6.92 Å². The smallest absolute Gasteiger partial charge is 0.231 e. The van der Waals surface area contributed by atoms with Gasteiger partial charge in [0.15, 0.2) is 0 Å². The van der Waals surface area contributed by atoms with Crippen molar-refractivity contribution in [1.29, 1.82) is 0 Å². The summed E-state index contributed by atoms with van der Waals surface area (Å²) in [6, 6.07) is 14.6. The minimum Gasteiger partial charge on any atom is -0.354 e. The van der Waals surface area contributed by atoms with Gasteiger partial charge in [0.2, 0.25) is 5.91 Å². The minimum absolute atomic E-state index is 0.145. The Balaban J connectivity index is 2.21. The molecule has 0 aliphatic heterocycles. The lowest BCUT2D eigenvalue weighted by atomic mass is 10.2. The number of benzene rings is 2. The van der Waals surface area contributed by atoms with Crippen LogP contribution in [0.5, 0.6) is 0 Å². The standard InChI is InChI=1S/C16H15ClN2O2/c1-11(20)9-16(21)19-14-8-7-12(17)10-15(14)18-13-5-3-2-4-6-13/h2-8,10,18H,9H2,1H3,(H,19,21). The third kappa shape index (κ3) is 4.61. The molecule has 108 valence electrons. The van der Waals surface area contributed by atoms with Crippen LogP contribution in [0.1, 0.15) is 13.3 Å². The average Bonchev–Trinajstić information content (AvgIpc) is 2.42. The van der Waals surface area contributed by atoms with Gasteiger partial charge in [-0.25, -0.2) is 0 Å². The number of amides is 1. The van der Waals surface area contributed by atoms with E-state index in [4.69, 9.17) is 11.6 Å². The van der Waals surface area contributed by atoms with Crippen molar-refractivity contribution in [3.63, 3.8) is 0 Å². The molecule has 0 aromatic heterocycles. The van der Waals surface area contributed by atoms with Crippen molar-refractivity contribution in [3.05, 3.63) is 53.6 Å². The Bertz CT molecular complexity index is 657. The lowest BCUT2D eigenvalue weighted by Crippen LogP contribution is -2.15. The number of para-hydroxylation sites is 1. The van der Waals surface area contributed by atoms with Crippen LogP contribution < -0.4 is 10.6 Å². The Morgan fingerprint density at radius 2 is 1.76 bits per heavy atom. The molecule has 4 nitrogen and oxygen atoms in total. The number of anilines is 3. The van der Waals surface area contributed by atoms with Crippen molar-refractivity contribution in [1.82, 2.24) is 0 Å². The molecule has 0 spiro atoms. The fraction of sp³-hybridized carbons (Fsp3) is 0.125. The molecule has 0 fully saturated rings. The molecule has 2 N–H and O–H groups in total. The Labute approximate surface area is 128 Å². The van der Waals surface area contributed by atoms with E-state index in [0.29, 0.717) is 16.4 Å². The summed E-state index contributed by atoms with van der Waals surface area (Å²) in [5.74, 6) is -0.528. The van der Waals surface area contributed by atoms with Crippen molar-refractivity contribution in [2.45, 2.75) is 13.3 Å². The largest absolute Gasteiger partial charge is 0.354 e. The number of carbonyl (C=O) groups excluding carboxylic acids is 2. The Morgan fingerprint density at radius 1 is 1.05 bits per heavy atom. The number of Topliss-reactive ketones (excluding diaryl/α,β-unsaturated/α-hetero) is 1. The van der Waals surface area contributed by atoms with E-state index in [2.05, 4.69) is 10.6 Å². The van der Waals surface area contributed by atoms with Crippen LogP contribution in [0.2, 0.25) is 5.02 Å². The van der Waals surface area contributed by atoms with Gasteiger partial charge in [0.25, 0.3) is 0 Å². The second-order valence-electron chi connectivity index (χ2n) is 4.61. The van der Waals surface area contributed by atoms with Crippen LogP contribution in [0.3, 0.4) is 0 Å². The van der Waals surface area contributed by atoms with Crippen LogP contribution in [-0.2, 0) is 9.59 Å². The highest BCUT2D eigenvalue weighted by molar-refractivity contribution is 6.31. The molecule has 0 unspecified atom stereocenters. The maximum Gasteiger partial charge on any atom is 0.231 e. The number of halogens is 1. The average molecular weight is 303 g/mol. The quantitative estimate of drug-likeness (QED) is 0.821. The van der Waals surface area contributed by atoms with Crippen LogP contribution in [-0.4, -0.2) is 11.7 Å². The molecule has 0 radical (unpaired) electrons. The topological polar surface area (TPSA) is 58.2 Å². The number of nitrogens with one attached hydrogen (secondary N) is 2. The van der Waals surface area contributed by atoms with Gasteiger partial charge >= 0.3 is 0 Å². The SMILES string of the molecule is CC(=O)CC(=O)Nc1ccc(Cl)cc1Nc1ccccc1. The zero-order chi connectivity index (χ0) is 15.2. The normalized spacial score (nSPS) is 10.0. The van der Waals surface area contributed by atoms with Gasteiger partial charge < -0.3 is 10.6 Å². The lowest BCUT2D eigenvalue weighted by Gasteiger charge is -2.13. The van der Waals surface area contributed by atoms with Gasteiger partial charge in [-0.1, -0.05) is 29.8 Å². The fourth-order valence-corrected chi connectivity index (χ4v) is 2.00. The molecule has 0 atom stereocenters. The summed E-state index contributed by atoms with van der Waals surface area (Å²) in [6.07, 6.45) is -0.145. The molecule has 0 heterocycles. The Morgan fingerprint density at radius 3 is 2.43 bits per heavy atom. The van der Waals surface area contributed by atoms with Crippen LogP contribution in [0.15, 0.2) is 48.5 Å². The first-order valence-electron chi connectivity index (χ1n) is 6.45. The predicted molar refractivity (Wildman–Crippen MR) is 85.1 cm³/mol. The van der Waals surface area contributed by atoms with Crippen LogP contribution in [0, 0.1) is 0 Å². The molecule has 2 aromatic rings. The number of hydrogen-bond acceptors (Lipinski definition) is 3. The molecule has 5 heteroatoms.